The van der Waals surface area contributed by atoms with Crippen molar-refractivity contribution in [2.45, 2.75) is 0 Å². The Bertz CT molecular complexity index is 1520. The smallest absolute Gasteiger partial charge is 0.216 e. The molecule has 0 fully saturated rings. The van der Waals surface area contributed by atoms with Crippen LogP contribution in [0.25, 0.3) is 16.8 Å². The van der Waals surface area contributed by atoms with Gasteiger partial charge < -0.3 is 14.0 Å². The monoisotopic (exact) mass is 574 g/mol. The van der Waals surface area contributed by atoms with E-state index < -0.39 is 0 Å². The van der Waals surface area contributed by atoms with Gasteiger partial charge in [-0.1, -0.05) is 76.1 Å². The van der Waals surface area contributed by atoms with Crippen molar-refractivity contribution in [1.29, 1.82) is 0 Å². The highest BCUT2D eigenvalue weighted by Crippen LogP contribution is 2.29. The summed E-state index contributed by atoms with van der Waals surface area (Å²) in [6, 6.07) is 30.5. The van der Waals surface area contributed by atoms with E-state index in [9.17, 15) is 4.79 Å². The minimum absolute atomic E-state index is 0.182. The Morgan fingerprint density at radius 1 is 0.865 bits per heavy atom. The molecule has 0 radical (unpaired) electrons. The second-order valence-corrected chi connectivity index (χ2v) is 9.21. The Balaban J connectivity index is 0.000000301. The van der Waals surface area contributed by atoms with Gasteiger partial charge in [0.1, 0.15) is 23.5 Å². The lowest BCUT2D eigenvalue weighted by Crippen LogP contribution is -2.04. The summed E-state index contributed by atoms with van der Waals surface area (Å²) in [5.74, 6) is 1.23. The molecule has 0 spiro atoms. The molecule has 186 valence electrons. The summed E-state index contributed by atoms with van der Waals surface area (Å²) in [4.78, 5) is 17.1. The molecular weight excluding hydrogens is 552 g/mol. The fourth-order valence-electron chi connectivity index (χ4n) is 3.67. The molecule has 0 N–H and O–H groups in total. The number of carbonyl (C=O) groups excluding carboxylic acids is 1. The van der Waals surface area contributed by atoms with E-state index in [1.54, 1.807) is 44.9 Å². The average molecular weight is 576 g/mol. The first-order valence-electron chi connectivity index (χ1n) is 11.4. The molecule has 1 heterocycles. The molecule has 37 heavy (non-hydrogen) atoms. The minimum atomic E-state index is -0.182. The number of hydrogen-bond acceptors (Lipinski definition) is 4. The van der Waals surface area contributed by atoms with Gasteiger partial charge in [-0.3, -0.25) is 4.79 Å². The Morgan fingerprint density at radius 3 is 2.35 bits per heavy atom. The molecule has 0 atom stereocenters. The van der Waals surface area contributed by atoms with Crippen LogP contribution in [0.4, 0.5) is 0 Å². The number of para-hydroxylation sites is 1. The lowest BCUT2D eigenvalue weighted by Gasteiger charge is -2.08. The van der Waals surface area contributed by atoms with Crippen LogP contribution in [0.5, 0.6) is 11.5 Å². The summed E-state index contributed by atoms with van der Waals surface area (Å²) in [6.07, 6.45) is 3.36. The SMILES string of the molecule is COc1cccc(Br)c1.COc1ccccc1C(=O)c1cn(-c2cccc(-c3ccccc3Cl)c2)cn1. The fourth-order valence-corrected chi connectivity index (χ4v) is 4.30. The maximum atomic E-state index is 12.8. The third-order valence-electron chi connectivity index (χ3n) is 5.53. The number of methoxy groups -OCH3 is 2. The van der Waals surface area contributed by atoms with Gasteiger partial charge in [-0.05, 0) is 54.1 Å². The number of hydrogen-bond donors (Lipinski definition) is 0. The molecule has 0 unspecified atom stereocenters. The van der Waals surface area contributed by atoms with Crippen LogP contribution in [0.3, 0.4) is 0 Å². The number of rotatable bonds is 6. The van der Waals surface area contributed by atoms with Crippen LogP contribution >= 0.6 is 27.5 Å². The molecule has 0 aliphatic rings. The highest BCUT2D eigenvalue weighted by atomic mass is 79.9. The number of aromatic nitrogens is 2. The van der Waals surface area contributed by atoms with Gasteiger partial charge >= 0.3 is 0 Å². The van der Waals surface area contributed by atoms with Crippen LogP contribution in [0.2, 0.25) is 5.02 Å². The van der Waals surface area contributed by atoms with Crippen molar-refractivity contribution < 1.29 is 14.3 Å². The van der Waals surface area contributed by atoms with Crippen molar-refractivity contribution in [3.63, 3.8) is 0 Å². The third-order valence-corrected chi connectivity index (χ3v) is 6.35. The van der Waals surface area contributed by atoms with Crippen molar-refractivity contribution in [1.82, 2.24) is 9.55 Å². The van der Waals surface area contributed by atoms with E-state index in [-0.39, 0.29) is 5.78 Å². The molecule has 7 heteroatoms. The van der Waals surface area contributed by atoms with E-state index in [1.807, 2.05) is 83.4 Å². The first-order chi connectivity index (χ1) is 18.0. The Morgan fingerprint density at radius 2 is 1.62 bits per heavy atom. The van der Waals surface area contributed by atoms with Crippen LogP contribution in [-0.4, -0.2) is 29.6 Å². The molecule has 1 aromatic heterocycles. The largest absolute Gasteiger partial charge is 0.497 e. The quantitative estimate of drug-likeness (QED) is 0.193. The van der Waals surface area contributed by atoms with Crippen LogP contribution in [-0.2, 0) is 0 Å². The van der Waals surface area contributed by atoms with Crippen molar-refractivity contribution in [2.75, 3.05) is 14.2 Å². The van der Waals surface area contributed by atoms with E-state index in [4.69, 9.17) is 21.1 Å². The normalized spacial score (nSPS) is 10.3. The van der Waals surface area contributed by atoms with Gasteiger partial charge in [0.2, 0.25) is 5.78 Å². The number of imidazole rings is 1. The molecule has 0 aliphatic heterocycles. The average Bonchev–Trinajstić information content (AvgIpc) is 3.44. The summed E-state index contributed by atoms with van der Waals surface area (Å²) in [7, 11) is 3.20. The van der Waals surface area contributed by atoms with Crippen LogP contribution in [0, 0.1) is 0 Å². The highest BCUT2D eigenvalue weighted by molar-refractivity contribution is 9.10. The van der Waals surface area contributed by atoms with Gasteiger partial charge in [0, 0.05) is 26.9 Å². The summed E-state index contributed by atoms with van der Waals surface area (Å²) in [5.41, 5.74) is 3.68. The molecule has 0 bridgehead atoms. The molecule has 0 amide bonds. The molecule has 0 saturated heterocycles. The zero-order valence-electron chi connectivity index (χ0n) is 20.3. The number of benzene rings is 4. The van der Waals surface area contributed by atoms with Crippen LogP contribution in [0.1, 0.15) is 16.1 Å². The molecule has 5 rings (SSSR count). The van der Waals surface area contributed by atoms with E-state index in [0.29, 0.717) is 22.0 Å². The maximum Gasteiger partial charge on any atom is 0.216 e. The van der Waals surface area contributed by atoms with Gasteiger partial charge in [0.15, 0.2) is 0 Å². The Labute approximate surface area is 229 Å². The van der Waals surface area contributed by atoms with Crippen molar-refractivity contribution in [3.8, 4) is 28.3 Å². The third kappa shape index (κ3) is 6.47. The number of ether oxygens (including phenoxy) is 2. The lowest BCUT2D eigenvalue weighted by atomic mass is 10.1. The maximum absolute atomic E-state index is 12.8. The highest BCUT2D eigenvalue weighted by Gasteiger charge is 2.17. The number of ketones is 1. The number of halogens is 2. The molecule has 0 aliphatic carbocycles. The van der Waals surface area contributed by atoms with Crippen molar-refractivity contribution in [2.24, 2.45) is 0 Å². The summed E-state index contributed by atoms with van der Waals surface area (Å²) in [5, 5.41) is 0.692. The zero-order valence-corrected chi connectivity index (χ0v) is 22.6. The van der Waals surface area contributed by atoms with Crippen molar-refractivity contribution in [3.05, 3.63) is 130 Å². The molecule has 5 aromatic rings. The van der Waals surface area contributed by atoms with Gasteiger partial charge in [-0.15, -0.1) is 0 Å². The zero-order chi connectivity index (χ0) is 26.2. The molecular formula is C30H24BrClN2O3. The molecule has 0 saturated carbocycles. The summed E-state index contributed by atoms with van der Waals surface area (Å²) < 4.78 is 13.1. The second kappa shape index (κ2) is 12.4. The van der Waals surface area contributed by atoms with Crippen LogP contribution < -0.4 is 9.47 Å². The van der Waals surface area contributed by atoms with Gasteiger partial charge in [0.05, 0.1) is 19.8 Å². The number of carbonyl (C=O) groups is 1. The Hall–Kier alpha value is -3.87. The fraction of sp³-hybridized carbons (Fsp3) is 0.0667. The van der Waals surface area contributed by atoms with Gasteiger partial charge in [-0.25, -0.2) is 4.98 Å². The van der Waals surface area contributed by atoms with Gasteiger partial charge in [0.25, 0.3) is 0 Å². The second-order valence-electron chi connectivity index (χ2n) is 7.89. The molecule has 4 aromatic carbocycles. The number of nitrogens with zero attached hydrogens (tertiary/aromatic N) is 2. The molecule has 5 nitrogen and oxygen atoms in total. The predicted octanol–water partition coefficient (Wildman–Crippen LogP) is 7.89. The first kappa shape index (κ1) is 26.2. The van der Waals surface area contributed by atoms with Gasteiger partial charge in [-0.2, -0.15) is 0 Å². The first-order valence-corrected chi connectivity index (χ1v) is 12.5. The van der Waals surface area contributed by atoms with Crippen LogP contribution in [0.15, 0.2) is 114 Å². The minimum Gasteiger partial charge on any atom is -0.497 e. The van der Waals surface area contributed by atoms with Crippen molar-refractivity contribution >= 4 is 33.3 Å². The lowest BCUT2D eigenvalue weighted by molar-refractivity contribution is 0.103. The standard InChI is InChI=1S/C23H17ClN2O2.C7H7BrO/c1-28-22-12-5-3-10-19(22)23(27)21-14-26(15-25-21)17-8-6-7-16(13-17)18-9-2-4-11-20(18)24;1-9-7-4-2-3-6(8)5-7/h2-15H,1H3;2-5H,1H3. The topological polar surface area (TPSA) is 53.4 Å². The summed E-state index contributed by atoms with van der Waals surface area (Å²) >= 11 is 9.65. The van der Waals surface area contributed by atoms with E-state index in [1.165, 1.54) is 0 Å². The van der Waals surface area contributed by atoms with E-state index in [2.05, 4.69) is 20.9 Å². The van der Waals surface area contributed by atoms with E-state index >= 15 is 0 Å². The predicted molar refractivity (Wildman–Crippen MR) is 151 cm³/mol. The van der Waals surface area contributed by atoms with E-state index in [0.717, 1.165) is 27.0 Å². The Kier molecular flexibility index (Phi) is 8.77. The summed E-state index contributed by atoms with van der Waals surface area (Å²) in [6.45, 7) is 0.